The minimum Gasteiger partial charge on any atom is -0.298 e. The van der Waals surface area contributed by atoms with Crippen LogP contribution < -0.4 is 15.9 Å². The number of hydrazone groups is 1. The molecule has 0 bridgehead atoms. The normalized spacial score (nSPS) is 18.5. The number of fused-ring (bicyclic) bond motifs is 2. The highest BCUT2D eigenvalue weighted by molar-refractivity contribution is 9.10. The third kappa shape index (κ3) is 3.17. The number of rotatable bonds is 3. The summed E-state index contributed by atoms with van der Waals surface area (Å²) in [5.74, 6) is 0.762. The van der Waals surface area contributed by atoms with Gasteiger partial charge in [-0.25, -0.2) is 5.01 Å². The van der Waals surface area contributed by atoms with Crippen molar-refractivity contribution in [2.45, 2.75) is 19.5 Å². The number of para-hydroxylation sites is 1. The van der Waals surface area contributed by atoms with Gasteiger partial charge in [0.05, 0.1) is 5.36 Å². The summed E-state index contributed by atoms with van der Waals surface area (Å²) in [5.41, 5.74) is 1.52. The van der Waals surface area contributed by atoms with Crippen LogP contribution >= 0.6 is 27.7 Å². The Morgan fingerprint density at radius 3 is 2.88 bits per heavy atom. The SMILES string of the molecule is CCCSC1=NN2C(=c3ccccc3=NC2c2cccc(Br)c2)C(=O)N1. The van der Waals surface area contributed by atoms with Crippen LogP contribution in [0.2, 0.25) is 0 Å². The number of halogens is 1. The zero-order valence-electron chi connectivity index (χ0n) is 14.1. The number of carbonyl (C=O) groups excluding carboxylic acids is 1. The molecule has 132 valence electrons. The number of nitrogens with one attached hydrogen (secondary N) is 1. The van der Waals surface area contributed by atoms with Crippen molar-refractivity contribution in [2.24, 2.45) is 10.1 Å². The summed E-state index contributed by atoms with van der Waals surface area (Å²) in [5, 5.41) is 11.6. The molecule has 2 aromatic carbocycles. The van der Waals surface area contributed by atoms with Crippen LogP contribution in [0.4, 0.5) is 0 Å². The molecule has 2 aliphatic heterocycles. The summed E-state index contributed by atoms with van der Waals surface area (Å²) in [6, 6.07) is 15.7. The van der Waals surface area contributed by atoms with Crippen molar-refractivity contribution in [3.63, 3.8) is 0 Å². The van der Waals surface area contributed by atoms with Gasteiger partial charge in [-0.05, 0) is 30.2 Å². The van der Waals surface area contributed by atoms with Crippen LogP contribution in [0.3, 0.4) is 0 Å². The molecule has 2 aromatic rings. The molecule has 0 saturated heterocycles. The average Bonchev–Trinajstić information content (AvgIpc) is 2.65. The van der Waals surface area contributed by atoms with Gasteiger partial charge in [0.2, 0.25) is 0 Å². The second-order valence-corrected chi connectivity index (χ2v) is 7.98. The second-order valence-electron chi connectivity index (χ2n) is 5.98. The molecule has 2 heterocycles. The van der Waals surface area contributed by atoms with Gasteiger partial charge < -0.3 is 0 Å². The van der Waals surface area contributed by atoms with Crippen molar-refractivity contribution in [3.05, 3.63) is 69.1 Å². The quantitative estimate of drug-likeness (QED) is 0.817. The van der Waals surface area contributed by atoms with Crippen molar-refractivity contribution < 1.29 is 4.79 Å². The van der Waals surface area contributed by atoms with Gasteiger partial charge in [-0.1, -0.05) is 64.9 Å². The van der Waals surface area contributed by atoms with Gasteiger partial charge in [-0.3, -0.25) is 15.1 Å². The summed E-state index contributed by atoms with van der Waals surface area (Å²) < 4.78 is 0.969. The van der Waals surface area contributed by atoms with Gasteiger partial charge in [0.1, 0.15) is 5.70 Å². The van der Waals surface area contributed by atoms with E-state index >= 15 is 0 Å². The standard InChI is InChI=1S/C19H17BrN4OS/c1-2-10-26-19-22-18(25)16-14-8-3-4-9-15(14)21-17(24(16)23-19)12-6-5-7-13(20)11-12/h3-9,11,17H,2,10H2,1H3,(H,22,23,25). The molecule has 0 saturated carbocycles. The van der Waals surface area contributed by atoms with Crippen molar-refractivity contribution in [3.8, 4) is 0 Å². The predicted molar refractivity (Wildman–Crippen MR) is 108 cm³/mol. The first-order valence-electron chi connectivity index (χ1n) is 8.42. The first kappa shape index (κ1) is 17.3. The molecular weight excluding hydrogens is 412 g/mol. The number of amidine groups is 1. The van der Waals surface area contributed by atoms with E-state index in [2.05, 4.69) is 28.2 Å². The van der Waals surface area contributed by atoms with E-state index in [9.17, 15) is 4.79 Å². The fraction of sp³-hybridized carbons (Fsp3) is 0.211. The first-order valence-corrected chi connectivity index (χ1v) is 10.2. The van der Waals surface area contributed by atoms with Gasteiger partial charge in [0.25, 0.3) is 5.91 Å². The van der Waals surface area contributed by atoms with Gasteiger partial charge in [-0.2, -0.15) is 0 Å². The van der Waals surface area contributed by atoms with Gasteiger partial charge in [-0.15, -0.1) is 5.10 Å². The van der Waals surface area contributed by atoms with E-state index in [-0.39, 0.29) is 12.1 Å². The van der Waals surface area contributed by atoms with Crippen molar-refractivity contribution >= 4 is 44.5 Å². The summed E-state index contributed by atoms with van der Waals surface area (Å²) in [4.78, 5) is 17.8. The third-order valence-electron chi connectivity index (χ3n) is 4.11. The maximum Gasteiger partial charge on any atom is 0.276 e. The van der Waals surface area contributed by atoms with Crippen molar-refractivity contribution in [1.82, 2.24) is 10.3 Å². The molecule has 7 heteroatoms. The zero-order valence-corrected chi connectivity index (χ0v) is 16.5. The summed E-state index contributed by atoms with van der Waals surface area (Å²) >= 11 is 5.07. The third-order valence-corrected chi connectivity index (χ3v) is 5.67. The lowest BCUT2D eigenvalue weighted by Crippen LogP contribution is -2.50. The number of hydrogen-bond donors (Lipinski definition) is 1. The van der Waals surface area contributed by atoms with Crippen molar-refractivity contribution in [2.75, 3.05) is 5.75 Å². The maximum atomic E-state index is 12.9. The molecule has 1 N–H and O–H groups in total. The second kappa shape index (κ2) is 7.25. The van der Waals surface area contributed by atoms with E-state index in [1.165, 1.54) is 0 Å². The molecule has 1 amide bonds. The Morgan fingerprint density at radius 2 is 2.08 bits per heavy atom. The van der Waals surface area contributed by atoms with E-state index in [1.54, 1.807) is 16.8 Å². The Bertz CT molecular complexity index is 1020. The molecular formula is C19H17BrN4OS. The van der Waals surface area contributed by atoms with Gasteiger partial charge in [0.15, 0.2) is 11.3 Å². The number of hydrogen-bond acceptors (Lipinski definition) is 5. The van der Waals surface area contributed by atoms with Crippen LogP contribution in [-0.2, 0) is 4.79 Å². The molecule has 26 heavy (non-hydrogen) atoms. The van der Waals surface area contributed by atoms with E-state index in [0.717, 1.165) is 32.8 Å². The molecule has 0 radical (unpaired) electrons. The highest BCUT2D eigenvalue weighted by atomic mass is 79.9. The van der Waals surface area contributed by atoms with Crippen LogP contribution in [0.15, 0.2) is 63.1 Å². The molecule has 0 fully saturated rings. The number of carbonyl (C=O) groups is 1. The molecule has 2 aliphatic rings. The Balaban J connectivity index is 1.90. The molecule has 1 atom stereocenters. The minimum atomic E-state index is -0.374. The zero-order chi connectivity index (χ0) is 18.1. The minimum absolute atomic E-state index is 0.138. The maximum absolute atomic E-state index is 12.9. The topological polar surface area (TPSA) is 57.1 Å². The number of benzene rings is 2. The predicted octanol–water partition coefficient (Wildman–Crippen LogP) is 2.74. The lowest BCUT2D eigenvalue weighted by atomic mass is 10.1. The Kier molecular flexibility index (Phi) is 4.82. The molecule has 0 aliphatic carbocycles. The van der Waals surface area contributed by atoms with E-state index in [1.807, 2.05) is 48.5 Å². The summed E-state index contributed by atoms with van der Waals surface area (Å²) in [6.45, 7) is 2.10. The average molecular weight is 429 g/mol. The number of nitrogens with zero attached hydrogens (tertiary/aromatic N) is 3. The van der Waals surface area contributed by atoms with E-state index < -0.39 is 0 Å². The van der Waals surface area contributed by atoms with E-state index in [4.69, 9.17) is 10.1 Å². The van der Waals surface area contributed by atoms with Crippen LogP contribution in [0.1, 0.15) is 25.1 Å². The van der Waals surface area contributed by atoms with Gasteiger partial charge >= 0.3 is 0 Å². The lowest BCUT2D eigenvalue weighted by molar-refractivity contribution is -0.116. The van der Waals surface area contributed by atoms with Crippen LogP contribution in [0.5, 0.6) is 0 Å². The fourth-order valence-electron chi connectivity index (χ4n) is 2.98. The first-order chi connectivity index (χ1) is 12.7. The van der Waals surface area contributed by atoms with Crippen LogP contribution in [-0.4, -0.2) is 21.8 Å². The van der Waals surface area contributed by atoms with Crippen LogP contribution in [0.25, 0.3) is 5.70 Å². The molecule has 0 aromatic heterocycles. The Labute approximate surface area is 164 Å². The molecule has 5 nitrogen and oxygen atoms in total. The molecule has 1 unspecified atom stereocenters. The largest absolute Gasteiger partial charge is 0.298 e. The highest BCUT2D eigenvalue weighted by Crippen LogP contribution is 2.31. The fourth-order valence-corrected chi connectivity index (χ4v) is 4.10. The monoisotopic (exact) mass is 428 g/mol. The Hall–Kier alpha value is -2.12. The summed E-state index contributed by atoms with van der Waals surface area (Å²) in [6.07, 6.45) is 0.638. The van der Waals surface area contributed by atoms with Crippen LogP contribution in [0, 0.1) is 0 Å². The Morgan fingerprint density at radius 1 is 1.23 bits per heavy atom. The molecule has 4 rings (SSSR count). The number of thioether (sulfide) groups is 1. The van der Waals surface area contributed by atoms with E-state index in [0.29, 0.717) is 10.9 Å². The van der Waals surface area contributed by atoms with Crippen molar-refractivity contribution in [1.29, 1.82) is 0 Å². The number of amides is 1. The van der Waals surface area contributed by atoms with Gasteiger partial charge in [0, 0.05) is 15.4 Å². The summed E-state index contributed by atoms with van der Waals surface area (Å²) in [7, 11) is 0. The highest BCUT2D eigenvalue weighted by Gasteiger charge is 2.34. The smallest absolute Gasteiger partial charge is 0.276 e. The molecule has 0 spiro atoms. The lowest BCUT2D eigenvalue weighted by Gasteiger charge is -2.34.